The van der Waals surface area contributed by atoms with Crippen molar-refractivity contribution in [3.63, 3.8) is 0 Å². The molecule has 1 N–H and O–H groups in total. The van der Waals surface area contributed by atoms with E-state index < -0.39 is 0 Å². The van der Waals surface area contributed by atoms with Crippen LogP contribution in [0.25, 0.3) is 0 Å². The molecule has 1 aromatic heterocycles. The third-order valence-electron chi connectivity index (χ3n) is 3.45. The molecule has 0 aliphatic heterocycles. The van der Waals surface area contributed by atoms with Crippen molar-refractivity contribution in [1.82, 2.24) is 9.97 Å². The summed E-state index contributed by atoms with van der Waals surface area (Å²) in [5.41, 5.74) is 1.01. The maximum Gasteiger partial charge on any atom is 0.222 e. The lowest BCUT2D eigenvalue weighted by molar-refractivity contribution is 0.199. The van der Waals surface area contributed by atoms with Gasteiger partial charge in [-0.15, -0.1) is 0 Å². The van der Waals surface area contributed by atoms with Crippen LogP contribution in [0.3, 0.4) is 0 Å². The van der Waals surface area contributed by atoms with Gasteiger partial charge in [0.1, 0.15) is 17.7 Å². The highest BCUT2D eigenvalue weighted by molar-refractivity contribution is 5.48. The highest BCUT2D eigenvalue weighted by Gasteiger charge is 2.20. The quantitative estimate of drug-likeness (QED) is 0.889. The topological polar surface area (TPSA) is 47.0 Å². The van der Waals surface area contributed by atoms with Crippen molar-refractivity contribution in [3.8, 4) is 5.88 Å². The highest BCUT2D eigenvalue weighted by Crippen LogP contribution is 2.29. The fraction of sp³-hybridized carbons (Fsp3) is 0.714. The monoisotopic (exact) mass is 249 g/mol. The number of hydrogen-bond acceptors (Lipinski definition) is 4. The molecule has 1 heterocycles. The Bertz CT molecular complexity index is 412. The standard InChI is InChI=1S/C14H23N3O/c1-9(2)12-16-13(15-4)10(3)14(17-12)18-11-7-5-6-8-11/h9,11H,5-8H2,1-4H3,(H,15,16,17). The number of rotatable bonds is 4. The summed E-state index contributed by atoms with van der Waals surface area (Å²) >= 11 is 0. The Morgan fingerprint density at radius 2 is 1.89 bits per heavy atom. The van der Waals surface area contributed by atoms with Crippen LogP contribution in [0, 0.1) is 6.92 Å². The molecule has 0 bridgehead atoms. The van der Waals surface area contributed by atoms with Crippen molar-refractivity contribution in [1.29, 1.82) is 0 Å². The van der Waals surface area contributed by atoms with E-state index >= 15 is 0 Å². The predicted octanol–water partition coefficient (Wildman–Crippen LogP) is 3.27. The second-order valence-electron chi connectivity index (χ2n) is 5.29. The molecule has 0 spiro atoms. The average molecular weight is 249 g/mol. The molecule has 4 heteroatoms. The number of hydrogen-bond donors (Lipinski definition) is 1. The van der Waals surface area contributed by atoms with Gasteiger partial charge >= 0.3 is 0 Å². The lowest BCUT2D eigenvalue weighted by atomic mass is 10.2. The molecular formula is C14H23N3O. The minimum atomic E-state index is 0.309. The first kappa shape index (κ1) is 13.1. The summed E-state index contributed by atoms with van der Waals surface area (Å²) in [5.74, 6) is 2.79. The molecule has 1 aromatic rings. The van der Waals surface area contributed by atoms with Gasteiger partial charge < -0.3 is 10.1 Å². The minimum Gasteiger partial charge on any atom is -0.474 e. The molecule has 0 atom stereocenters. The van der Waals surface area contributed by atoms with Gasteiger partial charge in [0, 0.05) is 13.0 Å². The first-order valence-electron chi connectivity index (χ1n) is 6.84. The Morgan fingerprint density at radius 3 is 2.44 bits per heavy atom. The Balaban J connectivity index is 2.28. The van der Waals surface area contributed by atoms with Crippen molar-refractivity contribution in [3.05, 3.63) is 11.4 Å². The first-order chi connectivity index (χ1) is 8.61. The van der Waals surface area contributed by atoms with E-state index in [1.54, 1.807) is 0 Å². The predicted molar refractivity (Wildman–Crippen MR) is 73.3 cm³/mol. The summed E-state index contributed by atoms with van der Waals surface area (Å²) in [6, 6.07) is 0. The number of ether oxygens (including phenoxy) is 1. The van der Waals surface area contributed by atoms with Gasteiger partial charge in [-0.05, 0) is 32.6 Å². The van der Waals surface area contributed by atoms with Gasteiger partial charge in [0.2, 0.25) is 5.88 Å². The van der Waals surface area contributed by atoms with E-state index in [1.165, 1.54) is 12.8 Å². The molecule has 1 fully saturated rings. The molecule has 18 heavy (non-hydrogen) atoms. The molecule has 1 aliphatic carbocycles. The molecule has 100 valence electrons. The maximum atomic E-state index is 6.05. The zero-order valence-corrected chi connectivity index (χ0v) is 11.8. The van der Waals surface area contributed by atoms with Crippen LogP contribution >= 0.6 is 0 Å². The van der Waals surface area contributed by atoms with Crippen molar-refractivity contribution in [2.45, 2.75) is 58.5 Å². The highest BCUT2D eigenvalue weighted by atomic mass is 16.5. The SMILES string of the molecule is CNc1nc(C(C)C)nc(OC2CCCC2)c1C. The van der Waals surface area contributed by atoms with E-state index in [4.69, 9.17) is 4.74 Å². The smallest absolute Gasteiger partial charge is 0.222 e. The van der Waals surface area contributed by atoms with Gasteiger partial charge in [-0.25, -0.2) is 4.98 Å². The molecule has 1 aliphatic rings. The first-order valence-corrected chi connectivity index (χ1v) is 6.84. The third kappa shape index (κ3) is 2.74. The van der Waals surface area contributed by atoms with Crippen molar-refractivity contribution in [2.75, 3.05) is 12.4 Å². The van der Waals surface area contributed by atoms with E-state index in [0.29, 0.717) is 12.0 Å². The normalized spacial score (nSPS) is 16.3. The van der Waals surface area contributed by atoms with Gasteiger partial charge in [0.25, 0.3) is 0 Å². The fourth-order valence-electron chi connectivity index (χ4n) is 2.29. The van der Waals surface area contributed by atoms with Crippen molar-refractivity contribution < 1.29 is 4.74 Å². The Labute approximate surface area is 109 Å². The van der Waals surface area contributed by atoms with Crippen molar-refractivity contribution in [2.24, 2.45) is 0 Å². The van der Waals surface area contributed by atoms with Crippen LogP contribution in [-0.4, -0.2) is 23.1 Å². The maximum absolute atomic E-state index is 6.05. The van der Waals surface area contributed by atoms with Crippen LogP contribution in [0.5, 0.6) is 5.88 Å². The summed E-state index contributed by atoms with van der Waals surface area (Å²) in [4.78, 5) is 9.09. The number of nitrogens with zero attached hydrogens (tertiary/aromatic N) is 2. The average Bonchev–Trinajstić information content (AvgIpc) is 2.84. The van der Waals surface area contributed by atoms with Crippen LogP contribution in [0.1, 0.15) is 56.8 Å². The number of anilines is 1. The van der Waals surface area contributed by atoms with E-state index in [2.05, 4.69) is 29.1 Å². The summed E-state index contributed by atoms with van der Waals surface area (Å²) < 4.78 is 6.05. The second-order valence-corrected chi connectivity index (χ2v) is 5.29. The van der Waals surface area contributed by atoms with Gasteiger partial charge in [-0.1, -0.05) is 13.8 Å². The molecule has 2 rings (SSSR count). The zero-order chi connectivity index (χ0) is 13.1. The Hall–Kier alpha value is -1.32. The molecular weight excluding hydrogens is 226 g/mol. The minimum absolute atomic E-state index is 0.309. The lowest BCUT2D eigenvalue weighted by Gasteiger charge is -2.17. The Morgan fingerprint density at radius 1 is 1.22 bits per heavy atom. The molecule has 0 saturated heterocycles. The zero-order valence-electron chi connectivity index (χ0n) is 11.8. The molecule has 4 nitrogen and oxygen atoms in total. The van der Waals surface area contributed by atoms with E-state index in [1.807, 2.05) is 14.0 Å². The van der Waals surface area contributed by atoms with Gasteiger partial charge in [-0.3, -0.25) is 0 Å². The van der Waals surface area contributed by atoms with E-state index in [0.717, 1.165) is 35.9 Å². The van der Waals surface area contributed by atoms with Crippen LogP contribution < -0.4 is 10.1 Å². The summed E-state index contributed by atoms with van der Waals surface area (Å²) in [6.07, 6.45) is 5.17. The largest absolute Gasteiger partial charge is 0.474 e. The number of nitrogens with one attached hydrogen (secondary N) is 1. The third-order valence-corrected chi connectivity index (χ3v) is 3.45. The van der Waals surface area contributed by atoms with Crippen LogP contribution in [0.2, 0.25) is 0 Å². The van der Waals surface area contributed by atoms with Crippen LogP contribution in [-0.2, 0) is 0 Å². The fourth-order valence-corrected chi connectivity index (χ4v) is 2.29. The molecule has 0 radical (unpaired) electrons. The van der Waals surface area contributed by atoms with Crippen molar-refractivity contribution >= 4 is 5.82 Å². The molecule has 0 amide bonds. The second kappa shape index (κ2) is 5.55. The van der Waals surface area contributed by atoms with Gasteiger partial charge in [-0.2, -0.15) is 4.98 Å². The number of aromatic nitrogens is 2. The summed E-state index contributed by atoms with van der Waals surface area (Å²) in [6.45, 7) is 6.22. The molecule has 1 saturated carbocycles. The van der Waals surface area contributed by atoms with Crippen LogP contribution in [0.15, 0.2) is 0 Å². The van der Waals surface area contributed by atoms with Crippen LogP contribution in [0.4, 0.5) is 5.82 Å². The van der Waals surface area contributed by atoms with Gasteiger partial charge in [0.15, 0.2) is 0 Å². The van der Waals surface area contributed by atoms with E-state index in [9.17, 15) is 0 Å². The summed E-state index contributed by atoms with van der Waals surface area (Å²) in [7, 11) is 1.89. The molecule has 0 unspecified atom stereocenters. The lowest BCUT2D eigenvalue weighted by Crippen LogP contribution is -2.15. The Kier molecular flexibility index (Phi) is 4.04. The summed E-state index contributed by atoms with van der Waals surface area (Å²) in [5, 5.41) is 3.12. The van der Waals surface area contributed by atoms with E-state index in [-0.39, 0.29) is 0 Å². The molecule has 0 aromatic carbocycles. The van der Waals surface area contributed by atoms with Gasteiger partial charge in [0.05, 0.1) is 5.56 Å².